The highest BCUT2D eigenvalue weighted by Gasteiger charge is 2.20. The molecule has 1 aliphatic heterocycles. The number of fused-ring (bicyclic) bond motifs is 1. The topological polar surface area (TPSA) is 47.6 Å². The van der Waals surface area contributed by atoms with E-state index in [4.69, 9.17) is 21.1 Å². The molecule has 1 aromatic carbocycles. The molecule has 6 heteroatoms. The maximum Gasteiger partial charge on any atom is 0.251 e. The van der Waals surface area contributed by atoms with Gasteiger partial charge >= 0.3 is 0 Å². The van der Waals surface area contributed by atoms with Crippen LogP contribution in [0.2, 0.25) is 5.02 Å². The molecule has 3 rings (SSSR count). The van der Waals surface area contributed by atoms with Gasteiger partial charge in [0.05, 0.1) is 5.02 Å². The Labute approximate surface area is 125 Å². The van der Waals surface area contributed by atoms with Crippen molar-refractivity contribution in [2.75, 3.05) is 13.3 Å². The molecule has 0 spiro atoms. The Balaban J connectivity index is 1.64. The van der Waals surface area contributed by atoms with Crippen molar-refractivity contribution >= 4 is 28.8 Å². The summed E-state index contributed by atoms with van der Waals surface area (Å²) in [6.07, 6.45) is 0.821. The van der Waals surface area contributed by atoms with E-state index in [1.165, 1.54) is 4.88 Å². The van der Waals surface area contributed by atoms with Crippen LogP contribution in [0.15, 0.2) is 29.6 Å². The van der Waals surface area contributed by atoms with E-state index in [1.54, 1.807) is 23.5 Å². The highest BCUT2D eigenvalue weighted by Crippen LogP contribution is 2.39. The van der Waals surface area contributed by atoms with Gasteiger partial charge in [-0.2, -0.15) is 0 Å². The Hall–Kier alpha value is -1.72. The number of nitrogens with one attached hydrogen (secondary N) is 1. The number of hydrogen-bond donors (Lipinski definition) is 1. The summed E-state index contributed by atoms with van der Waals surface area (Å²) < 4.78 is 10.5. The van der Waals surface area contributed by atoms with Gasteiger partial charge in [0, 0.05) is 17.0 Å². The molecule has 20 heavy (non-hydrogen) atoms. The first kappa shape index (κ1) is 13.3. The van der Waals surface area contributed by atoms with Crippen LogP contribution >= 0.6 is 22.9 Å². The zero-order valence-electron chi connectivity index (χ0n) is 10.5. The van der Waals surface area contributed by atoms with Crippen LogP contribution in [0.25, 0.3) is 0 Å². The van der Waals surface area contributed by atoms with Gasteiger partial charge in [0.25, 0.3) is 5.91 Å². The maximum absolute atomic E-state index is 12.1. The number of thiophene rings is 1. The van der Waals surface area contributed by atoms with Crippen LogP contribution in [0.4, 0.5) is 0 Å². The molecule has 0 radical (unpaired) electrons. The summed E-state index contributed by atoms with van der Waals surface area (Å²) in [6.45, 7) is 0.726. The van der Waals surface area contributed by atoms with E-state index in [9.17, 15) is 4.79 Å². The number of hydrogen-bond acceptors (Lipinski definition) is 4. The van der Waals surface area contributed by atoms with Crippen molar-refractivity contribution in [3.8, 4) is 11.5 Å². The second kappa shape index (κ2) is 5.73. The lowest BCUT2D eigenvalue weighted by molar-refractivity contribution is 0.0953. The first-order valence-corrected chi connectivity index (χ1v) is 7.39. The molecule has 1 amide bonds. The lowest BCUT2D eigenvalue weighted by Gasteiger charge is -2.06. The van der Waals surface area contributed by atoms with Crippen LogP contribution in [-0.2, 0) is 6.42 Å². The molecule has 1 N–H and O–H groups in total. The predicted molar refractivity (Wildman–Crippen MR) is 77.9 cm³/mol. The van der Waals surface area contributed by atoms with Crippen molar-refractivity contribution in [3.63, 3.8) is 0 Å². The summed E-state index contributed by atoms with van der Waals surface area (Å²) in [6, 6.07) is 7.29. The Morgan fingerprint density at radius 1 is 1.40 bits per heavy atom. The average Bonchev–Trinajstić information content (AvgIpc) is 3.08. The third kappa shape index (κ3) is 2.73. The van der Waals surface area contributed by atoms with Crippen LogP contribution in [0.1, 0.15) is 15.2 Å². The molecule has 4 nitrogen and oxygen atoms in total. The second-order valence-corrected chi connectivity index (χ2v) is 5.72. The number of halogens is 1. The fourth-order valence-corrected chi connectivity index (χ4v) is 2.93. The van der Waals surface area contributed by atoms with Gasteiger partial charge in [-0.25, -0.2) is 0 Å². The predicted octanol–water partition coefficient (Wildman–Crippen LogP) is 3.10. The van der Waals surface area contributed by atoms with E-state index >= 15 is 0 Å². The molecule has 0 bridgehead atoms. The van der Waals surface area contributed by atoms with E-state index in [0.29, 0.717) is 28.6 Å². The fourth-order valence-electron chi connectivity index (χ4n) is 1.95. The minimum atomic E-state index is -0.165. The van der Waals surface area contributed by atoms with E-state index < -0.39 is 0 Å². The Kier molecular flexibility index (Phi) is 3.80. The lowest BCUT2D eigenvalue weighted by Crippen LogP contribution is -2.25. The minimum Gasteiger partial charge on any atom is -0.454 e. The first-order valence-electron chi connectivity index (χ1n) is 6.14. The van der Waals surface area contributed by atoms with Gasteiger partial charge < -0.3 is 14.8 Å². The van der Waals surface area contributed by atoms with Crippen LogP contribution in [-0.4, -0.2) is 19.2 Å². The molecule has 0 atom stereocenters. The van der Waals surface area contributed by atoms with Crippen molar-refractivity contribution in [2.45, 2.75) is 6.42 Å². The Bertz CT molecular complexity index is 628. The summed E-state index contributed by atoms with van der Waals surface area (Å²) in [5.41, 5.74) is 0.477. The van der Waals surface area contributed by atoms with Crippen molar-refractivity contribution in [3.05, 3.63) is 45.1 Å². The van der Waals surface area contributed by atoms with E-state index in [2.05, 4.69) is 5.32 Å². The largest absolute Gasteiger partial charge is 0.454 e. The molecule has 0 unspecified atom stereocenters. The molecule has 0 aliphatic carbocycles. The molecule has 1 aromatic heterocycles. The van der Waals surface area contributed by atoms with Crippen LogP contribution < -0.4 is 14.8 Å². The molecule has 2 heterocycles. The number of ether oxygens (including phenoxy) is 2. The summed E-state index contributed by atoms with van der Waals surface area (Å²) in [5.74, 6) is 0.851. The van der Waals surface area contributed by atoms with Gasteiger partial charge in [0.1, 0.15) is 0 Å². The number of amides is 1. The highest BCUT2D eigenvalue weighted by atomic mass is 35.5. The SMILES string of the molecule is O=C(NCCc1cccs1)c1cc(Cl)c2c(c1)OCO2. The van der Waals surface area contributed by atoms with Crippen LogP contribution in [0.5, 0.6) is 11.5 Å². The zero-order valence-corrected chi connectivity index (χ0v) is 12.1. The molecular weight excluding hydrogens is 298 g/mol. The summed E-state index contributed by atoms with van der Waals surface area (Å²) in [4.78, 5) is 13.3. The van der Waals surface area contributed by atoms with Gasteiger partial charge in [-0.1, -0.05) is 17.7 Å². The minimum absolute atomic E-state index is 0.137. The normalized spacial score (nSPS) is 12.4. The summed E-state index contributed by atoms with van der Waals surface area (Å²) >= 11 is 7.73. The van der Waals surface area contributed by atoms with Gasteiger partial charge in [-0.3, -0.25) is 4.79 Å². The molecule has 0 saturated carbocycles. The van der Waals surface area contributed by atoms with Crippen LogP contribution in [0, 0.1) is 0 Å². The van der Waals surface area contributed by atoms with Gasteiger partial charge in [-0.05, 0) is 30.0 Å². The average molecular weight is 310 g/mol. The van der Waals surface area contributed by atoms with E-state index in [0.717, 1.165) is 6.42 Å². The van der Waals surface area contributed by atoms with Crippen LogP contribution in [0.3, 0.4) is 0 Å². The fraction of sp³-hybridized carbons (Fsp3) is 0.214. The summed E-state index contributed by atoms with van der Waals surface area (Å²) in [5, 5.41) is 5.28. The highest BCUT2D eigenvalue weighted by molar-refractivity contribution is 7.09. The maximum atomic E-state index is 12.1. The lowest BCUT2D eigenvalue weighted by atomic mass is 10.2. The Morgan fingerprint density at radius 3 is 3.10 bits per heavy atom. The van der Waals surface area contributed by atoms with Crippen molar-refractivity contribution in [1.29, 1.82) is 0 Å². The molecule has 2 aromatic rings. The molecule has 1 aliphatic rings. The van der Waals surface area contributed by atoms with Gasteiger partial charge in [0.2, 0.25) is 6.79 Å². The number of carbonyl (C=O) groups excluding carboxylic acids is 1. The number of benzene rings is 1. The van der Waals surface area contributed by atoms with Crippen molar-refractivity contribution in [2.24, 2.45) is 0 Å². The third-order valence-corrected chi connectivity index (χ3v) is 4.14. The van der Waals surface area contributed by atoms with Gasteiger partial charge in [0.15, 0.2) is 11.5 Å². The molecule has 0 saturated heterocycles. The zero-order chi connectivity index (χ0) is 13.9. The summed E-state index contributed by atoms with van der Waals surface area (Å²) in [7, 11) is 0. The van der Waals surface area contributed by atoms with Crippen molar-refractivity contribution < 1.29 is 14.3 Å². The molecule has 0 fully saturated rings. The quantitative estimate of drug-likeness (QED) is 0.944. The molecule has 104 valence electrons. The number of rotatable bonds is 4. The van der Waals surface area contributed by atoms with E-state index in [-0.39, 0.29) is 12.7 Å². The smallest absolute Gasteiger partial charge is 0.251 e. The van der Waals surface area contributed by atoms with E-state index in [1.807, 2.05) is 17.5 Å². The third-order valence-electron chi connectivity index (χ3n) is 2.93. The standard InChI is InChI=1S/C14H12ClNO3S/c15-11-6-9(7-12-13(11)19-8-18-12)14(17)16-4-3-10-2-1-5-20-10/h1-2,5-7H,3-4,8H2,(H,16,17). The molecular formula is C14H12ClNO3S. The first-order chi connectivity index (χ1) is 9.74. The van der Waals surface area contributed by atoms with Crippen molar-refractivity contribution in [1.82, 2.24) is 5.32 Å². The number of carbonyl (C=O) groups is 1. The van der Waals surface area contributed by atoms with Gasteiger partial charge in [-0.15, -0.1) is 11.3 Å². The second-order valence-electron chi connectivity index (χ2n) is 4.28. The monoisotopic (exact) mass is 309 g/mol. The Morgan fingerprint density at radius 2 is 2.30 bits per heavy atom.